The molecule has 2 rings (SSSR count). The van der Waals surface area contributed by atoms with Gasteiger partial charge < -0.3 is 9.47 Å². The van der Waals surface area contributed by atoms with E-state index in [0.717, 1.165) is 32.1 Å². The summed E-state index contributed by atoms with van der Waals surface area (Å²) in [6.45, 7) is 8.88. The molecular formula is C18H32O3. The molecule has 0 N–H and O–H groups in total. The molecule has 2 saturated carbocycles. The predicted molar refractivity (Wildman–Crippen MR) is 84.1 cm³/mol. The summed E-state index contributed by atoms with van der Waals surface area (Å²) in [5, 5.41) is 0. The van der Waals surface area contributed by atoms with Crippen molar-refractivity contribution in [2.75, 3.05) is 0 Å². The molecule has 0 aromatic rings. The number of ether oxygens (including phenoxy) is 2. The molecule has 0 amide bonds. The molecular weight excluding hydrogens is 264 g/mol. The quantitative estimate of drug-likeness (QED) is 0.673. The average molecular weight is 296 g/mol. The fourth-order valence-electron chi connectivity index (χ4n) is 3.98. The van der Waals surface area contributed by atoms with E-state index in [1.54, 1.807) is 0 Å². The zero-order chi connectivity index (χ0) is 15.4. The largest absolute Gasteiger partial charge is 0.508 e. The Hall–Kier alpha value is -0.730. The minimum Gasteiger partial charge on any atom is -0.431 e. The summed E-state index contributed by atoms with van der Waals surface area (Å²) in [7, 11) is 0. The lowest BCUT2D eigenvalue weighted by molar-refractivity contribution is -0.0587. The maximum atomic E-state index is 12.2. The number of hydrogen-bond donors (Lipinski definition) is 0. The van der Waals surface area contributed by atoms with Gasteiger partial charge in [-0.1, -0.05) is 40.5 Å². The minimum atomic E-state index is -0.432. The van der Waals surface area contributed by atoms with Crippen LogP contribution in [0.2, 0.25) is 0 Å². The number of rotatable bonds is 3. The first-order valence-electron chi connectivity index (χ1n) is 8.84. The molecule has 0 spiro atoms. The van der Waals surface area contributed by atoms with Crippen molar-refractivity contribution in [2.24, 2.45) is 23.7 Å². The van der Waals surface area contributed by atoms with Gasteiger partial charge in [0.05, 0.1) is 0 Å². The van der Waals surface area contributed by atoms with Gasteiger partial charge in [0.15, 0.2) is 0 Å². The Bertz CT molecular complexity index is 339. The second-order valence-electron chi connectivity index (χ2n) is 7.65. The third-order valence-electron chi connectivity index (χ3n) is 5.49. The van der Waals surface area contributed by atoms with E-state index in [2.05, 4.69) is 27.7 Å². The van der Waals surface area contributed by atoms with Gasteiger partial charge in [0.25, 0.3) is 0 Å². The third-order valence-corrected chi connectivity index (χ3v) is 5.49. The molecule has 2 aliphatic carbocycles. The van der Waals surface area contributed by atoms with Gasteiger partial charge >= 0.3 is 6.16 Å². The first kappa shape index (κ1) is 16.6. The van der Waals surface area contributed by atoms with Crippen LogP contribution in [-0.4, -0.2) is 18.4 Å². The van der Waals surface area contributed by atoms with E-state index >= 15 is 0 Å². The fraction of sp³-hybridized carbons (Fsp3) is 0.944. The zero-order valence-corrected chi connectivity index (χ0v) is 14.1. The Labute approximate surface area is 129 Å². The molecule has 0 aliphatic heterocycles. The summed E-state index contributed by atoms with van der Waals surface area (Å²) in [6, 6.07) is 0. The summed E-state index contributed by atoms with van der Waals surface area (Å²) in [4.78, 5) is 12.2. The molecule has 0 saturated heterocycles. The van der Waals surface area contributed by atoms with E-state index < -0.39 is 6.16 Å². The van der Waals surface area contributed by atoms with Crippen molar-refractivity contribution >= 4 is 6.16 Å². The van der Waals surface area contributed by atoms with Gasteiger partial charge in [-0.15, -0.1) is 0 Å². The molecule has 5 atom stereocenters. The Kier molecular flexibility index (Phi) is 5.95. The lowest BCUT2D eigenvalue weighted by Crippen LogP contribution is -2.37. The van der Waals surface area contributed by atoms with Crippen molar-refractivity contribution in [3.05, 3.63) is 0 Å². The zero-order valence-electron chi connectivity index (χ0n) is 14.1. The standard InChI is InChI=1S/C18H32O3/c1-12(2)15-10-9-13(3)11-17(15)21-18(19)20-16-8-6-5-7-14(16)4/h12-17H,5-11H2,1-4H3/t13-,14-,15+,16+,17-/m1/s1. The van der Waals surface area contributed by atoms with Crippen LogP contribution in [0, 0.1) is 23.7 Å². The molecule has 21 heavy (non-hydrogen) atoms. The van der Waals surface area contributed by atoms with Crippen molar-refractivity contribution in [1.29, 1.82) is 0 Å². The summed E-state index contributed by atoms with van der Waals surface area (Å²) in [5.74, 6) is 2.16. The van der Waals surface area contributed by atoms with E-state index in [-0.39, 0.29) is 12.2 Å². The molecule has 3 heteroatoms. The third kappa shape index (κ3) is 4.62. The molecule has 3 nitrogen and oxygen atoms in total. The summed E-state index contributed by atoms with van der Waals surface area (Å²) >= 11 is 0. The first-order valence-corrected chi connectivity index (χ1v) is 8.84. The second kappa shape index (κ2) is 7.51. The van der Waals surface area contributed by atoms with Gasteiger partial charge in [-0.2, -0.15) is 0 Å². The van der Waals surface area contributed by atoms with Gasteiger partial charge in [-0.25, -0.2) is 4.79 Å². The molecule has 0 aromatic heterocycles. The average Bonchev–Trinajstić information content (AvgIpc) is 2.41. The molecule has 2 aliphatic rings. The molecule has 2 fully saturated rings. The summed E-state index contributed by atoms with van der Waals surface area (Å²) < 4.78 is 11.3. The number of carbonyl (C=O) groups is 1. The van der Waals surface area contributed by atoms with Crippen LogP contribution in [0.3, 0.4) is 0 Å². The van der Waals surface area contributed by atoms with Crippen LogP contribution < -0.4 is 0 Å². The van der Waals surface area contributed by atoms with Crippen molar-refractivity contribution < 1.29 is 14.3 Å². The monoisotopic (exact) mass is 296 g/mol. The Morgan fingerprint density at radius 2 is 1.62 bits per heavy atom. The smallest absolute Gasteiger partial charge is 0.431 e. The SMILES string of the molecule is CC(C)[C@@H]1CC[C@@H](C)C[C@H]1OC(=O)O[C@H]1CCCC[C@H]1C. The lowest BCUT2D eigenvalue weighted by Gasteiger charge is -2.37. The maximum absolute atomic E-state index is 12.2. The predicted octanol–water partition coefficient (Wildman–Crippen LogP) is 5.18. The van der Waals surface area contributed by atoms with Crippen molar-refractivity contribution in [2.45, 2.75) is 84.8 Å². The Morgan fingerprint density at radius 1 is 0.952 bits per heavy atom. The van der Waals surface area contributed by atoms with E-state index in [1.807, 2.05) is 0 Å². The maximum Gasteiger partial charge on any atom is 0.508 e. The van der Waals surface area contributed by atoms with E-state index in [9.17, 15) is 4.79 Å². The second-order valence-corrected chi connectivity index (χ2v) is 7.65. The van der Waals surface area contributed by atoms with Crippen LogP contribution in [-0.2, 0) is 9.47 Å². The van der Waals surface area contributed by atoms with Crippen LogP contribution >= 0.6 is 0 Å². The van der Waals surface area contributed by atoms with E-state index in [4.69, 9.17) is 9.47 Å². The van der Waals surface area contributed by atoms with Gasteiger partial charge in [0, 0.05) is 0 Å². The van der Waals surface area contributed by atoms with E-state index in [1.165, 1.54) is 12.8 Å². The highest BCUT2D eigenvalue weighted by atomic mass is 16.7. The fourth-order valence-corrected chi connectivity index (χ4v) is 3.98. The number of hydrogen-bond acceptors (Lipinski definition) is 3. The van der Waals surface area contributed by atoms with Gasteiger partial charge in [0.2, 0.25) is 0 Å². The lowest BCUT2D eigenvalue weighted by atomic mass is 9.75. The van der Waals surface area contributed by atoms with Crippen LogP contribution in [0.4, 0.5) is 4.79 Å². The van der Waals surface area contributed by atoms with Crippen molar-refractivity contribution in [3.8, 4) is 0 Å². The summed E-state index contributed by atoms with van der Waals surface area (Å²) in [6.07, 6.45) is 7.64. The molecule has 0 aromatic carbocycles. The molecule has 0 bridgehead atoms. The summed E-state index contributed by atoms with van der Waals surface area (Å²) in [5.41, 5.74) is 0. The van der Waals surface area contributed by atoms with Gasteiger partial charge in [-0.3, -0.25) is 0 Å². The van der Waals surface area contributed by atoms with Crippen LogP contribution in [0.15, 0.2) is 0 Å². The van der Waals surface area contributed by atoms with Crippen LogP contribution in [0.1, 0.15) is 72.6 Å². The molecule has 0 unspecified atom stereocenters. The van der Waals surface area contributed by atoms with Crippen LogP contribution in [0.5, 0.6) is 0 Å². The normalized spacial score (nSPS) is 37.3. The molecule has 0 heterocycles. The minimum absolute atomic E-state index is 0.0418. The Balaban J connectivity index is 1.87. The molecule has 122 valence electrons. The van der Waals surface area contributed by atoms with E-state index in [0.29, 0.717) is 23.7 Å². The highest BCUT2D eigenvalue weighted by Gasteiger charge is 2.35. The first-order chi connectivity index (χ1) is 9.97. The van der Waals surface area contributed by atoms with Gasteiger partial charge in [0.1, 0.15) is 12.2 Å². The Morgan fingerprint density at radius 3 is 2.29 bits per heavy atom. The number of carbonyl (C=O) groups excluding carboxylic acids is 1. The highest BCUT2D eigenvalue weighted by molar-refractivity contribution is 5.60. The topological polar surface area (TPSA) is 35.5 Å². The molecule has 0 radical (unpaired) electrons. The van der Waals surface area contributed by atoms with Crippen molar-refractivity contribution in [3.63, 3.8) is 0 Å². The van der Waals surface area contributed by atoms with Crippen molar-refractivity contribution in [1.82, 2.24) is 0 Å². The van der Waals surface area contributed by atoms with Gasteiger partial charge in [-0.05, 0) is 55.8 Å². The highest BCUT2D eigenvalue weighted by Crippen LogP contribution is 2.36. The van der Waals surface area contributed by atoms with Crippen LogP contribution in [0.25, 0.3) is 0 Å².